The second kappa shape index (κ2) is 8.33. The summed E-state index contributed by atoms with van der Waals surface area (Å²) in [7, 11) is -2.09. The van der Waals surface area contributed by atoms with Crippen molar-refractivity contribution in [2.75, 3.05) is 30.9 Å². The number of hydrogen-bond donors (Lipinski definition) is 0. The lowest BCUT2D eigenvalue weighted by molar-refractivity contribution is 0.192. The van der Waals surface area contributed by atoms with Gasteiger partial charge < -0.3 is 8.85 Å². The van der Waals surface area contributed by atoms with Gasteiger partial charge in [0, 0.05) is 36.9 Å². The lowest BCUT2D eigenvalue weighted by Crippen LogP contribution is -2.40. The summed E-state index contributed by atoms with van der Waals surface area (Å²) < 4.78 is 11.1. The third-order valence-electron chi connectivity index (χ3n) is 1.52. The Labute approximate surface area is 95.7 Å². The van der Waals surface area contributed by atoms with Crippen molar-refractivity contribution in [2.24, 2.45) is 0 Å². The van der Waals surface area contributed by atoms with Gasteiger partial charge in [0.15, 0.2) is 0 Å². The van der Waals surface area contributed by atoms with Crippen LogP contribution in [-0.4, -0.2) is 39.4 Å². The molecule has 0 radical (unpaired) electrons. The minimum absolute atomic E-state index is 0.481. The van der Waals surface area contributed by atoms with E-state index in [2.05, 4.69) is 0 Å². The molecule has 0 aliphatic carbocycles. The molecule has 0 aromatic rings. The molecule has 6 heteroatoms. The lowest BCUT2D eigenvalue weighted by atomic mass is 10.9. The summed E-state index contributed by atoms with van der Waals surface area (Å²) in [6.45, 7) is 3.02. The molecule has 0 heterocycles. The van der Waals surface area contributed by atoms with Gasteiger partial charge in [-0.05, 0) is 6.55 Å². The van der Waals surface area contributed by atoms with Gasteiger partial charge in [-0.3, -0.25) is 0 Å². The van der Waals surface area contributed by atoms with Crippen LogP contribution >= 0.6 is 34.8 Å². The summed E-state index contributed by atoms with van der Waals surface area (Å²) in [5.41, 5.74) is 0. The van der Waals surface area contributed by atoms with Crippen molar-refractivity contribution < 1.29 is 8.85 Å². The van der Waals surface area contributed by atoms with E-state index in [0.29, 0.717) is 30.9 Å². The molecule has 0 aromatic carbocycles. The Kier molecular flexibility index (Phi) is 8.97. The maximum Gasteiger partial charge on any atom is 0.336 e. The Morgan fingerprint density at radius 3 is 1.69 bits per heavy atom. The molecular formula is C7H15Cl3O2Si. The first-order chi connectivity index (χ1) is 6.18. The average molecular weight is 266 g/mol. The van der Waals surface area contributed by atoms with E-state index in [0.717, 1.165) is 6.04 Å². The summed E-state index contributed by atoms with van der Waals surface area (Å²) >= 11 is 16.7. The second-order valence-electron chi connectivity index (χ2n) is 2.65. The second-order valence-corrected chi connectivity index (χ2v) is 7.13. The van der Waals surface area contributed by atoms with E-state index in [4.69, 9.17) is 43.7 Å². The molecule has 0 aliphatic rings. The van der Waals surface area contributed by atoms with Gasteiger partial charge in [-0.2, -0.15) is 0 Å². The predicted octanol–water partition coefficient (Wildman–Crippen LogP) is 2.81. The van der Waals surface area contributed by atoms with Crippen LogP contribution in [0, 0.1) is 0 Å². The van der Waals surface area contributed by atoms with Gasteiger partial charge >= 0.3 is 8.56 Å². The molecule has 0 bridgehead atoms. The first kappa shape index (κ1) is 14.0. The van der Waals surface area contributed by atoms with Gasteiger partial charge in [-0.1, -0.05) is 0 Å². The fourth-order valence-electron chi connectivity index (χ4n) is 0.867. The Morgan fingerprint density at radius 2 is 1.38 bits per heavy atom. The van der Waals surface area contributed by atoms with Crippen molar-refractivity contribution in [3.05, 3.63) is 0 Å². The standard InChI is InChI=1S/C7H15Cl3O2Si/c1-13(7-4-10,11-5-2-8)12-6-3-9/h2-7H2,1H3. The predicted molar refractivity (Wildman–Crippen MR) is 60.5 cm³/mol. The van der Waals surface area contributed by atoms with Crippen molar-refractivity contribution in [3.8, 4) is 0 Å². The molecular weight excluding hydrogens is 251 g/mol. The third kappa shape index (κ3) is 7.00. The molecule has 0 fully saturated rings. The van der Waals surface area contributed by atoms with Gasteiger partial charge in [0.2, 0.25) is 0 Å². The highest BCUT2D eigenvalue weighted by molar-refractivity contribution is 6.66. The molecule has 0 unspecified atom stereocenters. The Morgan fingerprint density at radius 1 is 0.923 bits per heavy atom. The molecule has 0 aromatic heterocycles. The van der Waals surface area contributed by atoms with Gasteiger partial charge in [-0.15, -0.1) is 34.8 Å². The number of hydrogen-bond acceptors (Lipinski definition) is 2. The summed E-state index contributed by atoms with van der Waals surface area (Å²) in [5.74, 6) is 1.51. The van der Waals surface area contributed by atoms with Gasteiger partial charge in [0.05, 0.1) is 0 Å². The van der Waals surface area contributed by atoms with E-state index in [-0.39, 0.29) is 0 Å². The molecule has 0 saturated heterocycles. The fourth-order valence-corrected chi connectivity index (χ4v) is 4.09. The SMILES string of the molecule is C[Si](CCCl)(OCCCl)OCCCl. The normalized spacial score (nSPS) is 12.0. The highest BCUT2D eigenvalue weighted by atomic mass is 35.5. The number of rotatable bonds is 8. The zero-order chi connectivity index (χ0) is 10.2. The Bertz CT molecular complexity index is 118. The van der Waals surface area contributed by atoms with Crippen molar-refractivity contribution in [2.45, 2.75) is 12.6 Å². The Balaban J connectivity index is 3.84. The third-order valence-corrected chi connectivity index (χ3v) is 5.12. The van der Waals surface area contributed by atoms with E-state index in [9.17, 15) is 0 Å². The van der Waals surface area contributed by atoms with E-state index >= 15 is 0 Å². The summed E-state index contributed by atoms with van der Waals surface area (Å²) in [6.07, 6.45) is 0. The van der Waals surface area contributed by atoms with Crippen LogP contribution in [0.5, 0.6) is 0 Å². The molecule has 0 saturated carbocycles. The largest absolute Gasteiger partial charge is 0.393 e. The first-order valence-corrected chi connectivity index (χ1v) is 8.27. The maximum atomic E-state index is 5.65. The smallest absolute Gasteiger partial charge is 0.336 e. The zero-order valence-electron chi connectivity index (χ0n) is 7.69. The Hall–Kier alpha value is 1.01. The van der Waals surface area contributed by atoms with E-state index < -0.39 is 8.56 Å². The minimum atomic E-state index is -2.09. The van der Waals surface area contributed by atoms with Crippen LogP contribution in [-0.2, 0) is 8.85 Å². The van der Waals surface area contributed by atoms with E-state index in [1.807, 2.05) is 6.55 Å². The van der Waals surface area contributed by atoms with Crippen molar-refractivity contribution in [1.29, 1.82) is 0 Å². The van der Waals surface area contributed by atoms with Gasteiger partial charge in [0.1, 0.15) is 0 Å². The average Bonchev–Trinajstić information content (AvgIpc) is 2.12. The first-order valence-electron chi connectivity index (χ1n) is 4.14. The highest BCUT2D eigenvalue weighted by Gasteiger charge is 2.30. The van der Waals surface area contributed by atoms with Crippen LogP contribution in [0.2, 0.25) is 12.6 Å². The van der Waals surface area contributed by atoms with Crippen molar-refractivity contribution in [1.82, 2.24) is 0 Å². The van der Waals surface area contributed by atoms with Crippen LogP contribution < -0.4 is 0 Å². The lowest BCUT2D eigenvalue weighted by Gasteiger charge is -2.25. The molecule has 0 spiro atoms. The highest BCUT2D eigenvalue weighted by Crippen LogP contribution is 2.14. The molecule has 13 heavy (non-hydrogen) atoms. The van der Waals surface area contributed by atoms with Gasteiger partial charge in [0.25, 0.3) is 0 Å². The molecule has 0 aliphatic heterocycles. The molecule has 2 nitrogen and oxygen atoms in total. The van der Waals surface area contributed by atoms with E-state index in [1.54, 1.807) is 0 Å². The van der Waals surface area contributed by atoms with E-state index in [1.165, 1.54) is 0 Å². The molecule has 0 amide bonds. The topological polar surface area (TPSA) is 18.5 Å². The molecule has 0 rings (SSSR count). The van der Waals surface area contributed by atoms with Crippen LogP contribution in [0.4, 0.5) is 0 Å². The molecule has 80 valence electrons. The zero-order valence-corrected chi connectivity index (χ0v) is 11.0. The summed E-state index contributed by atoms with van der Waals surface area (Å²) in [6, 6.07) is 0.766. The number of halogens is 3. The molecule has 0 N–H and O–H groups in total. The number of alkyl halides is 3. The van der Waals surface area contributed by atoms with Crippen LogP contribution in [0.25, 0.3) is 0 Å². The quantitative estimate of drug-likeness (QED) is 0.496. The van der Waals surface area contributed by atoms with Crippen LogP contribution in [0.1, 0.15) is 0 Å². The molecule has 0 atom stereocenters. The maximum absolute atomic E-state index is 5.65. The van der Waals surface area contributed by atoms with Crippen LogP contribution in [0.15, 0.2) is 0 Å². The summed E-state index contributed by atoms with van der Waals surface area (Å²) in [5, 5.41) is 0. The van der Waals surface area contributed by atoms with Crippen molar-refractivity contribution >= 4 is 43.4 Å². The van der Waals surface area contributed by atoms with Gasteiger partial charge in [-0.25, -0.2) is 0 Å². The minimum Gasteiger partial charge on any atom is -0.393 e. The monoisotopic (exact) mass is 264 g/mol. The van der Waals surface area contributed by atoms with Crippen LogP contribution in [0.3, 0.4) is 0 Å². The van der Waals surface area contributed by atoms with Crippen molar-refractivity contribution in [3.63, 3.8) is 0 Å². The summed E-state index contributed by atoms with van der Waals surface area (Å²) in [4.78, 5) is 0. The fraction of sp³-hybridized carbons (Fsp3) is 1.00.